The first kappa shape index (κ1) is 17.2. The minimum atomic E-state index is -0.178. The summed E-state index contributed by atoms with van der Waals surface area (Å²) in [5.74, 6) is 1.65. The number of ether oxygens (including phenoxy) is 1. The molecule has 0 fully saturated rings. The van der Waals surface area contributed by atoms with Gasteiger partial charge in [0.1, 0.15) is 17.3 Å². The van der Waals surface area contributed by atoms with Gasteiger partial charge in [0.15, 0.2) is 0 Å². The number of hydrogen-bond donors (Lipinski definition) is 1. The van der Waals surface area contributed by atoms with Crippen LogP contribution in [0.1, 0.15) is 29.2 Å². The molecule has 4 heteroatoms. The minimum absolute atomic E-state index is 0.0827. The minimum Gasteiger partial charge on any atom is -0.496 e. The smallest absolute Gasteiger partial charge is 0.127 e. The average molecular weight is 339 g/mol. The fraction of sp³-hybridized carbons (Fsp3) is 0.238. The standard InChI is InChI=1S/C21H22FNO2/c1-24-20-10-5-3-8-17(20)18(21-11-6-14-25-21)12-13-23-15-16-7-2-4-9-19(16)22/h2-11,14,18,23H,12-13,15H2,1H3/t18-/m1/s1. The highest BCUT2D eigenvalue weighted by Crippen LogP contribution is 2.34. The predicted octanol–water partition coefficient (Wildman–Crippen LogP) is 4.74. The lowest BCUT2D eigenvalue weighted by Crippen LogP contribution is -2.18. The van der Waals surface area contributed by atoms with Crippen LogP contribution in [-0.4, -0.2) is 13.7 Å². The molecule has 1 N–H and O–H groups in total. The Hall–Kier alpha value is -2.59. The van der Waals surface area contributed by atoms with Crippen LogP contribution in [0.5, 0.6) is 5.75 Å². The average Bonchev–Trinajstić information content (AvgIpc) is 3.17. The third-order valence-electron chi connectivity index (χ3n) is 4.28. The fourth-order valence-electron chi connectivity index (χ4n) is 3.01. The Balaban J connectivity index is 1.68. The second kappa shape index (κ2) is 8.49. The zero-order valence-corrected chi connectivity index (χ0v) is 14.2. The number of para-hydroxylation sites is 1. The number of nitrogens with one attached hydrogen (secondary N) is 1. The fourth-order valence-corrected chi connectivity index (χ4v) is 3.01. The highest BCUT2D eigenvalue weighted by atomic mass is 19.1. The molecule has 0 spiro atoms. The van der Waals surface area contributed by atoms with Gasteiger partial charge in [0.2, 0.25) is 0 Å². The van der Waals surface area contributed by atoms with Crippen LogP contribution in [0.25, 0.3) is 0 Å². The number of hydrogen-bond acceptors (Lipinski definition) is 3. The molecule has 0 saturated heterocycles. The molecule has 1 heterocycles. The van der Waals surface area contributed by atoms with Crippen LogP contribution in [0.3, 0.4) is 0 Å². The summed E-state index contributed by atoms with van der Waals surface area (Å²) in [5.41, 5.74) is 1.77. The molecule has 0 aliphatic carbocycles. The molecule has 1 aromatic heterocycles. The van der Waals surface area contributed by atoms with Crippen molar-refractivity contribution < 1.29 is 13.5 Å². The van der Waals surface area contributed by atoms with Gasteiger partial charge in [-0.15, -0.1) is 0 Å². The van der Waals surface area contributed by atoms with E-state index in [4.69, 9.17) is 9.15 Å². The van der Waals surface area contributed by atoms with Gasteiger partial charge in [-0.3, -0.25) is 0 Å². The van der Waals surface area contributed by atoms with Crippen LogP contribution >= 0.6 is 0 Å². The first-order chi connectivity index (χ1) is 12.3. The Bertz CT molecular complexity index is 786. The second-order valence-corrected chi connectivity index (χ2v) is 5.87. The number of furan rings is 1. The number of benzene rings is 2. The summed E-state index contributed by atoms with van der Waals surface area (Å²) in [5, 5.41) is 3.32. The molecule has 3 aromatic rings. The van der Waals surface area contributed by atoms with Crippen molar-refractivity contribution in [3.05, 3.63) is 89.6 Å². The van der Waals surface area contributed by atoms with E-state index in [1.54, 1.807) is 25.5 Å². The van der Waals surface area contributed by atoms with E-state index in [-0.39, 0.29) is 11.7 Å². The Kier molecular flexibility index (Phi) is 5.86. The number of methoxy groups -OCH3 is 1. The first-order valence-corrected chi connectivity index (χ1v) is 8.40. The van der Waals surface area contributed by atoms with Crippen molar-refractivity contribution in [1.29, 1.82) is 0 Å². The molecular weight excluding hydrogens is 317 g/mol. The summed E-state index contributed by atoms with van der Waals surface area (Å²) < 4.78 is 24.8. The normalized spacial score (nSPS) is 12.1. The second-order valence-electron chi connectivity index (χ2n) is 5.87. The third kappa shape index (κ3) is 4.28. The molecule has 0 unspecified atom stereocenters. The molecule has 0 aliphatic heterocycles. The maximum atomic E-state index is 13.7. The molecule has 130 valence electrons. The number of rotatable bonds is 8. The van der Waals surface area contributed by atoms with E-state index in [2.05, 4.69) is 11.4 Å². The predicted molar refractivity (Wildman–Crippen MR) is 96.3 cm³/mol. The molecular formula is C21H22FNO2. The molecule has 3 rings (SSSR count). The van der Waals surface area contributed by atoms with Crippen molar-refractivity contribution >= 4 is 0 Å². The zero-order chi connectivity index (χ0) is 17.5. The Morgan fingerprint density at radius 2 is 1.84 bits per heavy atom. The zero-order valence-electron chi connectivity index (χ0n) is 14.2. The van der Waals surface area contributed by atoms with E-state index in [0.717, 1.165) is 30.0 Å². The van der Waals surface area contributed by atoms with Crippen molar-refractivity contribution in [3.8, 4) is 5.75 Å². The molecule has 0 aliphatic rings. The molecule has 0 saturated carbocycles. The largest absolute Gasteiger partial charge is 0.496 e. The number of halogens is 1. The van der Waals surface area contributed by atoms with Crippen molar-refractivity contribution in [3.63, 3.8) is 0 Å². The van der Waals surface area contributed by atoms with Crippen LogP contribution < -0.4 is 10.1 Å². The third-order valence-corrected chi connectivity index (χ3v) is 4.28. The van der Waals surface area contributed by atoms with E-state index in [0.29, 0.717) is 12.1 Å². The van der Waals surface area contributed by atoms with Crippen molar-refractivity contribution in [2.45, 2.75) is 18.9 Å². The van der Waals surface area contributed by atoms with Crippen LogP contribution in [0.15, 0.2) is 71.3 Å². The van der Waals surface area contributed by atoms with Gasteiger partial charge in [0.05, 0.1) is 13.4 Å². The van der Waals surface area contributed by atoms with Gasteiger partial charge in [-0.1, -0.05) is 36.4 Å². The van der Waals surface area contributed by atoms with Gasteiger partial charge in [0, 0.05) is 23.6 Å². The molecule has 25 heavy (non-hydrogen) atoms. The van der Waals surface area contributed by atoms with Crippen LogP contribution in [-0.2, 0) is 6.54 Å². The van der Waals surface area contributed by atoms with Crippen molar-refractivity contribution in [2.75, 3.05) is 13.7 Å². The maximum Gasteiger partial charge on any atom is 0.127 e. The van der Waals surface area contributed by atoms with Gasteiger partial charge in [-0.2, -0.15) is 0 Å². The highest BCUT2D eigenvalue weighted by molar-refractivity contribution is 5.39. The lowest BCUT2D eigenvalue weighted by atomic mass is 9.92. The summed E-state index contributed by atoms with van der Waals surface area (Å²) in [6, 6.07) is 18.7. The molecule has 0 bridgehead atoms. The highest BCUT2D eigenvalue weighted by Gasteiger charge is 2.20. The summed E-state index contributed by atoms with van der Waals surface area (Å²) >= 11 is 0. The monoisotopic (exact) mass is 339 g/mol. The van der Waals surface area contributed by atoms with Crippen molar-refractivity contribution in [2.24, 2.45) is 0 Å². The Labute approximate surface area is 147 Å². The van der Waals surface area contributed by atoms with Crippen LogP contribution in [0.2, 0.25) is 0 Å². The topological polar surface area (TPSA) is 34.4 Å². The van der Waals surface area contributed by atoms with E-state index >= 15 is 0 Å². The summed E-state index contributed by atoms with van der Waals surface area (Å²) in [4.78, 5) is 0. The van der Waals surface area contributed by atoms with E-state index < -0.39 is 0 Å². The quantitative estimate of drug-likeness (QED) is 0.602. The molecule has 3 nitrogen and oxygen atoms in total. The SMILES string of the molecule is COc1ccccc1[C@@H](CCNCc1ccccc1F)c1ccco1. The van der Waals surface area contributed by atoms with E-state index in [1.807, 2.05) is 36.4 Å². The molecule has 0 amide bonds. The molecule has 0 radical (unpaired) electrons. The van der Waals surface area contributed by atoms with E-state index in [9.17, 15) is 4.39 Å². The molecule has 2 aromatic carbocycles. The van der Waals surface area contributed by atoms with Crippen molar-refractivity contribution in [1.82, 2.24) is 5.32 Å². The van der Waals surface area contributed by atoms with Gasteiger partial charge in [-0.05, 0) is 37.2 Å². The Morgan fingerprint density at radius 1 is 1.04 bits per heavy atom. The van der Waals surface area contributed by atoms with Crippen LogP contribution in [0.4, 0.5) is 4.39 Å². The lowest BCUT2D eigenvalue weighted by Gasteiger charge is -2.18. The van der Waals surface area contributed by atoms with Gasteiger partial charge in [-0.25, -0.2) is 4.39 Å². The lowest BCUT2D eigenvalue weighted by molar-refractivity contribution is 0.398. The van der Waals surface area contributed by atoms with Gasteiger partial charge >= 0.3 is 0 Å². The Morgan fingerprint density at radius 3 is 2.60 bits per heavy atom. The summed E-state index contributed by atoms with van der Waals surface area (Å²) in [6.07, 6.45) is 2.51. The van der Waals surface area contributed by atoms with Crippen LogP contribution in [0, 0.1) is 5.82 Å². The van der Waals surface area contributed by atoms with E-state index in [1.165, 1.54) is 6.07 Å². The summed E-state index contributed by atoms with van der Waals surface area (Å²) in [6.45, 7) is 1.24. The first-order valence-electron chi connectivity index (χ1n) is 8.40. The summed E-state index contributed by atoms with van der Waals surface area (Å²) in [7, 11) is 1.68. The van der Waals surface area contributed by atoms with Gasteiger partial charge in [0.25, 0.3) is 0 Å². The molecule has 1 atom stereocenters. The maximum absolute atomic E-state index is 13.7. The van der Waals surface area contributed by atoms with Gasteiger partial charge < -0.3 is 14.5 Å².